The Kier molecular flexibility index (Phi) is 3.29. The summed E-state index contributed by atoms with van der Waals surface area (Å²) in [5, 5.41) is 8.90. The summed E-state index contributed by atoms with van der Waals surface area (Å²) in [6.07, 6.45) is 3.39. The minimum atomic E-state index is -0.0146. The van der Waals surface area contributed by atoms with Crippen LogP contribution in [0.25, 0.3) is 0 Å². The molecule has 3 rings (SSSR count). The molecule has 104 valence electrons. The van der Waals surface area contributed by atoms with Crippen molar-refractivity contribution in [3.8, 4) is 6.07 Å². The molecule has 1 amide bonds. The van der Waals surface area contributed by atoms with E-state index in [-0.39, 0.29) is 5.91 Å². The Morgan fingerprint density at radius 1 is 1.50 bits per heavy atom. The first-order valence-electron chi connectivity index (χ1n) is 6.87. The van der Waals surface area contributed by atoms with Gasteiger partial charge in [-0.15, -0.1) is 0 Å². The lowest BCUT2D eigenvalue weighted by Gasteiger charge is -2.32. The predicted molar refractivity (Wildman–Crippen MR) is 78.6 cm³/mol. The topological polar surface area (TPSA) is 57.0 Å². The molecule has 0 bridgehead atoms. The van der Waals surface area contributed by atoms with E-state index in [4.69, 9.17) is 5.26 Å². The summed E-state index contributed by atoms with van der Waals surface area (Å²) in [5.41, 5.74) is 2.04. The van der Waals surface area contributed by atoms with Crippen molar-refractivity contribution in [2.24, 2.45) is 5.41 Å². The van der Waals surface area contributed by atoms with Crippen molar-refractivity contribution < 1.29 is 4.79 Å². The highest BCUT2D eigenvalue weighted by Crippen LogP contribution is 2.58. The first kappa shape index (κ1) is 13.6. The molecule has 1 saturated heterocycles. The number of hydrogen-bond acceptors (Lipinski definition) is 3. The second-order valence-electron chi connectivity index (χ2n) is 5.77. The van der Waals surface area contributed by atoms with Crippen LogP contribution in [-0.4, -0.2) is 33.7 Å². The summed E-state index contributed by atoms with van der Waals surface area (Å²) < 4.78 is 0. The number of amides is 1. The maximum absolute atomic E-state index is 12.4. The molecule has 20 heavy (non-hydrogen) atoms. The number of carbonyl (C=O) groups is 1. The second-order valence-corrected chi connectivity index (χ2v) is 6.87. The van der Waals surface area contributed by atoms with Gasteiger partial charge in [0.25, 0.3) is 5.91 Å². The molecule has 1 atom stereocenters. The number of pyridine rings is 1. The summed E-state index contributed by atoms with van der Waals surface area (Å²) >= 11 is 3.68. The summed E-state index contributed by atoms with van der Waals surface area (Å²) in [6.45, 7) is 3.38. The summed E-state index contributed by atoms with van der Waals surface area (Å²) in [5.74, 6) is -0.0146. The van der Waals surface area contributed by atoms with E-state index in [2.05, 4.69) is 27.0 Å². The molecule has 2 fully saturated rings. The van der Waals surface area contributed by atoms with E-state index in [0.29, 0.717) is 27.2 Å². The van der Waals surface area contributed by atoms with Crippen LogP contribution in [0.1, 0.15) is 41.0 Å². The highest BCUT2D eigenvalue weighted by Gasteiger charge is 2.53. The van der Waals surface area contributed by atoms with Gasteiger partial charge in [-0.1, -0.05) is 15.9 Å². The average Bonchev–Trinajstić information content (AvgIpc) is 3.08. The number of halogens is 1. The number of aryl methyl sites for hydroxylation is 1. The number of likely N-dealkylation sites (tertiary alicyclic amines) is 1. The molecule has 2 aliphatic rings. The summed E-state index contributed by atoms with van der Waals surface area (Å²) in [6, 6.07) is 5.40. The van der Waals surface area contributed by atoms with Gasteiger partial charge in [0.2, 0.25) is 0 Å². The van der Waals surface area contributed by atoms with Gasteiger partial charge in [-0.05, 0) is 43.7 Å². The Morgan fingerprint density at radius 2 is 2.15 bits per heavy atom. The van der Waals surface area contributed by atoms with Gasteiger partial charge < -0.3 is 4.90 Å². The standard InChI is InChI=1S/C15H16BrN3O/c1-10-11(9-17)2-3-12(18-10)14(20)19-6-4-15(5-7-19)8-13(15)16/h2-3,13H,4-8H2,1H3. The number of piperidine rings is 1. The largest absolute Gasteiger partial charge is 0.337 e. The van der Waals surface area contributed by atoms with E-state index in [1.165, 1.54) is 6.42 Å². The second kappa shape index (κ2) is 4.85. The third kappa shape index (κ3) is 2.22. The number of nitrogens with zero attached hydrogens (tertiary/aromatic N) is 3. The van der Waals surface area contributed by atoms with Crippen LogP contribution in [0.2, 0.25) is 0 Å². The zero-order valence-electron chi connectivity index (χ0n) is 11.4. The number of carbonyl (C=O) groups excluding carboxylic acids is 1. The fourth-order valence-electron chi connectivity index (χ4n) is 2.93. The maximum Gasteiger partial charge on any atom is 0.272 e. The molecule has 5 heteroatoms. The van der Waals surface area contributed by atoms with Crippen LogP contribution in [-0.2, 0) is 0 Å². The molecule has 1 spiro atoms. The third-order valence-corrected chi connectivity index (χ3v) is 5.86. The van der Waals surface area contributed by atoms with Crippen molar-refractivity contribution in [3.05, 3.63) is 29.1 Å². The number of hydrogen-bond donors (Lipinski definition) is 0. The highest BCUT2D eigenvalue weighted by molar-refractivity contribution is 9.09. The molecular formula is C15H16BrN3O. The Labute approximate surface area is 126 Å². The van der Waals surface area contributed by atoms with Crippen molar-refractivity contribution in [3.63, 3.8) is 0 Å². The van der Waals surface area contributed by atoms with Crippen LogP contribution in [0.3, 0.4) is 0 Å². The van der Waals surface area contributed by atoms with Crippen LogP contribution < -0.4 is 0 Å². The Morgan fingerprint density at radius 3 is 2.65 bits per heavy atom. The monoisotopic (exact) mass is 333 g/mol. The molecular weight excluding hydrogens is 318 g/mol. The Balaban J connectivity index is 1.71. The SMILES string of the molecule is Cc1nc(C(=O)N2CCC3(CC2)CC3Br)ccc1C#N. The van der Waals surface area contributed by atoms with Crippen LogP contribution in [0.5, 0.6) is 0 Å². The average molecular weight is 334 g/mol. The van der Waals surface area contributed by atoms with Crippen molar-refractivity contribution in [2.45, 2.75) is 31.0 Å². The van der Waals surface area contributed by atoms with Crippen molar-refractivity contribution in [1.82, 2.24) is 9.88 Å². The molecule has 1 aliphatic heterocycles. The number of rotatable bonds is 1. The zero-order chi connectivity index (χ0) is 14.3. The summed E-state index contributed by atoms with van der Waals surface area (Å²) in [4.78, 5) is 19.2. The van der Waals surface area contributed by atoms with Crippen LogP contribution >= 0.6 is 15.9 Å². The van der Waals surface area contributed by atoms with Gasteiger partial charge in [0, 0.05) is 17.9 Å². The van der Waals surface area contributed by atoms with Crippen molar-refractivity contribution in [1.29, 1.82) is 5.26 Å². The van der Waals surface area contributed by atoms with E-state index >= 15 is 0 Å². The van der Waals surface area contributed by atoms with Crippen LogP contribution in [0, 0.1) is 23.7 Å². The normalized spacial score (nSPS) is 23.4. The van der Waals surface area contributed by atoms with Crippen molar-refractivity contribution >= 4 is 21.8 Å². The van der Waals surface area contributed by atoms with E-state index in [1.807, 2.05) is 4.90 Å². The van der Waals surface area contributed by atoms with Crippen molar-refractivity contribution in [2.75, 3.05) is 13.1 Å². The molecule has 0 aromatic carbocycles. The number of nitriles is 1. The quantitative estimate of drug-likeness (QED) is 0.742. The van der Waals surface area contributed by atoms with E-state index in [0.717, 1.165) is 25.9 Å². The molecule has 1 aromatic heterocycles. The highest BCUT2D eigenvalue weighted by atomic mass is 79.9. The minimum absolute atomic E-state index is 0.0146. The van der Waals surface area contributed by atoms with E-state index in [9.17, 15) is 4.79 Å². The molecule has 0 N–H and O–H groups in total. The van der Waals surface area contributed by atoms with Gasteiger partial charge in [-0.25, -0.2) is 4.98 Å². The Bertz CT molecular complexity index is 600. The molecule has 1 aliphatic carbocycles. The van der Waals surface area contributed by atoms with Gasteiger partial charge in [0.15, 0.2) is 0 Å². The fraction of sp³-hybridized carbons (Fsp3) is 0.533. The maximum atomic E-state index is 12.4. The molecule has 0 radical (unpaired) electrons. The van der Waals surface area contributed by atoms with Crippen LogP contribution in [0.15, 0.2) is 12.1 Å². The van der Waals surface area contributed by atoms with Gasteiger partial charge >= 0.3 is 0 Å². The smallest absolute Gasteiger partial charge is 0.272 e. The van der Waals surface area contributed by atoms with Gasteiger partial charge in [-0.2, -0.15) is 5.26 Å². The first-order valence-corrected chi connectivity index (χ1v) is 7.78. The predicted octanol–water partition coefficient (Wildman–Crippen LogP) is 2.65. The number of alkyl halides is 1. The minimum Gasteiger partial charge on any atom is -0.337 e. The third-order valence-electron chi connectivity index (χ3n) is 4.56. The molecule has 4 nitrogen and oxygen atoms in total. The lowest BCUT2D eigenvalue weighted by molar-refractivity contribution is 0.0673. The van der Waals surface area contributed by atoms with Gasteiger partial charge in [0.1, 0.15) is 11.8 Å². The molecule has 1 saturated carbocycles. The first-order chi connectivity index (χ1) is 9.55. The van der Waals surface area contributed by atoms with Gasteiger partial charge in [-0.3, -0.25) is 4.79 Å². The van der Waals surface area contributed by atoms with E-state index in [1.54, 1.807) is 19.1 Å². The zero-order valence-corrected chi connectivity index (χ0v) is 13.0. The van der Waals surface area contributed by atoms with Gasteiger partial charge in [0.05, 0.1) is 11.3 Å². The van der Waals surface area contributed by atoms with E-state index < -0.39 is 0 Å². The number of aromatic nitrogens is 1. The molecule has 1 unspecified atom stereocenters. The molecule has 2 heterocycles. The lowest BCUT2D eigenvalue weighted by Crippen LogP contribution is -2.40. The molecule has 1 aromatic rings. The fourth-order valence-corrected chi connectivity index (χ4v) is 4.03. The van der Waals surface area contributed by atoms with Crippen LogP contribution in [0.4, 0.5) is 0 Å². The Hall–Kier alpha value is -1.41. The lowest BCUT2D eigenvalue weighted by atomic mass is 9.93. The summed E-state index contributed by atoms with van der Waals surface area (Å²) in [7, 11) is 0.